The Morgan fingerprint density at radius 1 is 0.920 bits per heavy atom. The molecule has 0 amide bonds. The Hall–Kier alpha value is -2.14. The molecule has 1 fully saturated rings. The van der Waals surface area contributed by atoms with Crippen molar-refractivity contribution < 1.29 is 22.8 Å². The maximum Gasteiger partial charge on any atom is 0.416 e. The van der Waals surface area contributed by atoms with Crippen LogP contribution in [0.25, 0.3) is 11.1 Å². The topological polar surface area (TPSA) is 34.1 Å². The van der Waals surface area contributed by atoms with E-state index in [0.29, 0.717) is 21.7 Å². The van der Waals surface area contributed by atoms with E-state index in [4.69, 9.17) is 11.6 Å². The van der Waals surface area contributed by atoms with E-state index in [1.165, 1.54) is 0 Å². The number of hydrogen-bond acceptors (Lipinski definition) is 2. The van der Waals surface area contributed by atoms with Crippen LogP contribution in [0.5, 0.6) is 0 Å². The van der Waals surface area contributed by atoms with E-state index in [9.17, 15) is 22.8 Å². The Labute approximate surface area is 147 Å². The van der Waals surface area contributed by atoms with Gasteiger partial charge in [-0.25, -0.2) is 0 Å². The van der Waals surface area contributed by atoms with E-state index < -0.39 is 17.7 Å². The molecule has 0 aromatic heterocycles. The SMILES string of the molecule is O=C1CC(=O)CC(c2cc(-c3cccc(Cl)c3)cc(C(F)(F)F)c2)C1. The third kappa shape index (κ3) is 4.10. The summed E-state index contributed by atoms with van der Waals surface area (Å²) in [7, 11) is 0. The number of hydrogen-bond donors (Lipinski definition) is 0. The minimum atomic E-state index is -4.52. The van der Waals surface area contributed by atoms with E-state index in [0.717, 1.165) is 12.1 Å². The van der Waals surface area contributed by atoms with E-state index in [-0.39, 0.29) is 30.8 Å². The second-order valence-electron chi connectivity index (χ2n) is 6.21. The van der Waals surface area contributed by atoms with Gasteiger partial charge in [0.15, 0.2) is 0 Å². The number of carbonyl (C=O) groups excluding carboxylic acids is 2. The van der Waals surface area contributed by atoms with Crippen molar-refractivity contribution in [3.05, 3.63) is 58.6 Å². The highest BCUT2D eigenvalue weighted by molar-refractivity contribution is 6.30. The molecule has 0 unspecified atom stereocenters. The van der Waals surface area contributed by atoms with E-state index in [1.54, 1.807) is 30.3 Å². The molecule has 3 rings (SSSR count). The van der Waals surface area contributed by atoms with Crippen LogP contribution in [0.4, 0.5) is 13.2 Å². The van der Waals surface area contributed by atoms with Gasteiger partial charge in [0.1, 0.15) is 11.6 Å². The molecule has 2 aromatic rings. The summed E-state index contributed by atoms with van der Waals surface area (Å²) < 4.78 is 39.9. The number of halogens is 4. The molecule has 0 bridgehead atoms. The molecule has 0 saturated heterocycles. The van der Waals surface area contributed by atoms with Gasteiger partial charge in [-0.3, -0.25) is 9.59 Å². The number of rotatable bonds is 2. The van der Waals surface area contributed by atoms with Gasteiger partial charge in [0.25, 0.3) is 0 Å². The highest BCUT2D eigenvalue weighted by Gasteiger charge is 2.33. The molecule has 2 aromatic carbocycles. The van der Waals surface area contributed by atoms with Gasteiger partial charge in [0, 0.05) is 17.9 Å². The summed E-state index contributed by atoms with van der Waals surface area (Å²) in [6, 6.07) is 10.2. The largest absolute Gasteiger partial charge is 0.416 e. The van der Waals surface area contributed by atoms with Crippen molar-refractivity contribution in [3.63, 3.8) is 0 Å². The van der Waals surface area contributed by atoms with Crippen molar-refractivity contribution in [3.8, 4) is 11.1 Å². The molecule has 1 aliphatic rings. The van der Waals surface area contributed by atoms with Crippen LogP contribution in [0.3, 0.4) is 0 Å². The third-order valence-electron chi connectivity index (χ3n) is 4.25. The lowest BCUT2D eigenvalue weighted by Crippen LogP contribution is -2.21. The zero-order valence-corrected chi connectivity index (χ0v) is 13.8. The Morgan fingerprint density at radius 2 is 1.60 bits per heavy atom. The fourth-order valence-electron chi connectivity index (χ4n) is 3.11. The van der Waals surface area contributed by atoms with E-state index >= 15 is 0 Å². The first-order valence-corrected chi connectivity index (χ1v) is 8.11. The molecule has 6 heteroatoms. The molecule has 0 radical (unpaired) electrons. The predicted molar refractivity (Wildman–Crippen MR) is 88.5 cm³/mol. The maximum absolute atomic E-state index is 13.3. The summed E-state index contributed by atoms with van der Waals surface area (Å²) in [5.41, 5.74) is 0.461. The molecule has 0 N–H and O–H groups in total. The molecule has 25 heavy (non-hydrogen) atoms. The second-order valence-corrected chi connectivity index (χ2v) is 6.65. The Morgan fingerprint density at radius 3 is 2.20 bits per heavy atom. The van der Waals surface area contributed by atoms with Gasteiger partial charge in [-0.1, -0.05) is 29.8 Å². The quantitative estimate of drug-likeness (QED) is 0.664. The third-order valence-corrected chi connectivity index (χ3v) is 4.49. The van der Waals surface area contributed by atoms with E-state index in [1.807, 2.05) is 0 Å². The van der Waals surface area contributed by atoms with Crippen LogP contribution in [0, 0.1) is 0 Å². The van der Waals surface area contributed by atoms with E-state index in [2.05, 4.69) is 0 Å². The van der Waals surface area contributed by atoms with Crippen LogP contribution >= 0.6 is 11.6 Å². The minimum absolute atomic E-state index is 0.0854. The zero-order valence-electron chi connectivity index (χ0n) is 13.1. The summed E-state index contributed by atoms with van der Waals surface area (Å²) in [6.45, 7) is 0. The summed E-state index contributed by atoms with van der Waals surface area (Å²) in [4.78, 5) is 23.4. The Bertz CT molecular complexity index is 827. The monoisotopic (exact) mass is 366 g/mol. The van der Waals surface area contributed by atoms with Crippen LogP contribution in [0.1, 0.15) is 36.3 Å². The van der Waals surface area contributed by atoms with Crippen molar-refractivity contribution in [1.82, 2.24) is 0 Å². The zero-order chi connectivity index (χ0) is 18.2. The molecular weight excluding hydrogens is 353 g/mol. The summed E-state index contributed by atoms with van der Waals surface area (Å²) in [5, 5.41) is 0.416. The first-order chi connectivity index (χ1) is 11.7. The van der Waals surface area contributed by atoms with Crippen molar-refractivity contribution in [2.24, 2.45) is 0 Å². The number of alkyl halides is 3. The number of carbonyl (C=O) groups is 2. The van der Waals surface area contributed by atoms with Gasteiger partial charge in [-0.2, -0.15) is 13.2 Å². The molecule has 1 aliphatic carbocycles. The van der Waals surface area contributed by atoms with Gasteiger partial charge in [-0.05, 0) is 46.9 Å². The molecule has 1 saturated carbocycles. The molecule has 0 spiro atoms. The lowest BCUT2D eigenvalue weighted by Gasteiger charge is -2.22. The normalized spacial score (nSPS) is 16.3. The van der Waals surface area contributed by atoms with Crippen LogP contribution in [0.15, 0.2) is 42.5 Å². The van der Waals surface area contributed by atoms with Crippen LogP contribution in [-0.2, 0) is 15.8 Å². The molecule has 0 atom stereocenters. The Balaban J connectivity index is 2.10. The average molecular weight is 367 g/mol. The van der Waals surface area contributed by atoms with Crippen molar-refractivity contribution in [2.75, 3.05) is 0 Å². The second kappa shape index (κ2) is 6.64. The average Bonchev–Trinajstić information content (AvgIpc) is 2.53. The summed E-state index contributed by atoms with van der Waals surface area (Å²) in [6.07, 6.45) is -4.48. The predicted octanol–water partition coefficient (Wildman–Crippen LogP) is 5.43. The first kappa shape index (κ1) is 17.7. The highest BCUT2D eigenvalue weighted by Crippen LogP contribution is 2.38. The molecule has 0 aliphatic heterocycles. The first-order valence-electron chi connectivity index (χ1n) is 7.74. The fourth-order valence-corrected chi connectivity index (χ4v) is 3.30. The van der Waals surface area contributed by atoms with Crippen LogP contribution < -0.4 is 0 Å². The molecular formula is C19H14ClF3O2. The van der Waals surface area contributed by atoms with Gasteiger partial charge < -0.3 is 0 Å². The molecule has 2 nitrogen and oxygen atoms in total. The maximum atomic E-state index is 13.3. The number of ketones is 2. The van der Waals surface area contributed by atoms with Crippen molar-refractivity contribution in [1.29, 1.82) is 0 Å². The molecule has 0 heterocycles. The smallest absolute Gasteiger partial charge is 0.299 e. The van der Waals surface area contributed by atoms with Crippen molar-refractivity contribution in [2.45, 2.75) is 31.4 Å². The standard InChI is InChI=1S/C19H14ClF3O2/c20-16-3-1-2-11(7-16)12-4-13(6-15(5-12)19(21,22)23)14-8-17(24)10-18(25)9-14/h1-7,14H,8-10H2. The number of Topliss-reactive ketones (excluding diaryl/α,β-unsaturated/α-hetero) is 2. The van der Waals surface area contributed by atoms with Crippen molar-refractivity contribution >= 4 is 23.2 Å². The van der Waals surface area contributed by atoms with Gasteiger partial charge >= 0.3 is 6.18 Å². The highest BCUT2D eigenvalue weighted by atomic mass is 35.5. The lowest BCUT2D eigenvalue weighted by molar-refractivity contribution is -0.137. The van der Waals surface area contributed by atoms with Gasteiger partial charge in [0.2, 0.25) is 0 Å². The fraction of sp³-hybridized carbons (Fsp3) is 0.263. The minimum Gasteiger partial charge on any atom is -0.299 e. The van der Waals surface area contributed by atoms with Gasteiger partial charge in [0.05, 0.1) is 12.0 Å². The van der Waals surface area contributed by atoms with Gasteiger partial charge in [-0.15, -0.1) is 0 Å². The summed E-state index contributed by atoms with van der Waals surface area (Å²) >= 11 is 5.94. The molecule has 130 valence electrons. The van der Waals surface area contributed by atoms with Crippen LogP contribution in [0.2, 0.25) is 5.02 Å². The summed E-state index contributed by atoms with van der Waals surface area (Å²) in [5.74, 6) is -0.986. The number of benzene rings is 2. The lowest BCUT2D eigenvalue weighted by atomic mass is 9.81. The van der Waals surface area contributed by atoms with Crippen LogP contribution in [-0.4, -0.2) is 11.6 Å². The Kier molecular flexibility index (Phi) is 4.69.